The van der Waals surface area contributed by atoms with Gasteiger partial charge in [0.25, 0.3) is 0 Å². The Kier molecular flexibility index (Phi) is 6.12. The summed E-state index contributed by atoms with van der Waals surface area (Å²) in [4.78, 5) is 22.5. The number of aliphatic carboxylic acids is 1. The highest BCUT2D eigenvalue weighted by Crippen LogP contribution is 1.97. The van der Waals surface area contributed by atoms with Crippen LogP contribution in [0.1, 0.15) is 6.42 Å². The van der Waals surface area contributed by atoms with E-state index in [0.29, 0.717) is 0 Å². The maximum Gasteiger partial charge on any atom is 0.409 e. The third-order valence-electron chi connectivity index (χ3n) is 1.53. The van der Waals surface area contributed by atoms with Crippen LogP contribution in [0.2, 0.25) is 0 Å². The highest BCUT2D eigenvalue weighted by molar-refractivity contribution is 5.68. The lowest BCUT2D eigenvalue weighted by atomic mass is 10.2. The molecule has 0 fully saturated rings. The van der Waals surface area contributed by atoms with Gasteiger partial charge in [0.05, 0.1) is 19.1 Å². The Balaban J connectivity index is 3.89. The summed E-state index contributed by atoms with van der Waals surface area (Å²) in [6, 6.07) is 0. The van der Waals surface area contributed by atoms with E-state index in [0.717, 1.165) is 4.90 Å². The monoisotopic (exact) mass is 217 g/mol. The normalized spacial score (nSPS) is 11.6. The van der Waals surface area contributed by atoms with Crippen molar-refractivity contribution in [3.63, 3.8) is 0 Å². The number of likely N-dealkylation sites (N-methyl/N-ethyl adjacent to an activating group) is 1. The number of carboxylic acid groups (broad SMARTS) is 1. The number of nitrogens with zero attached hydrogens (tertiary/aromatic N) is 1. The number of aliphatic hydroxyl groups is 1. The first-order valence-electron chi connectivity index (χ1n) is 4.36. The van der Waals surface area contributed by atoms with E-state index < -0.39 is 24.6 Å². The first-order valence-corrected chi connectivity index (χ1v) is 4.36. The minimum Gasteiger partial charge on any atom is -0.481 e. The first-order chi connectivity index (χ1) is 6.97. The molecule has 0 heterocycles. The van der Waals surface area contributed by atoms with E-state index in [-0.39, 0.29) is 13.2 Å². The maximum absolute atomic E-state index is 11.1. The van der Waals surface area contributed by atoms with E-state index in [1.54, 1.807) is 0 Å². The lowest BCUT2D eigenvalue weighted by molar-refractivity contribution is -0.139. The molecule has 1 amide bonds. The van der Waals surface area contributed by atoms with Gasteiger partial charge < -0.3 is 19.8 Å². The van der Waals surface area contributed by atoms with Gasteiger partial charge >= 0.3 is 12.1 Å². The minimum atomic E-state index is -1.12. The highest BCUT2D eigenvalue weighted by Gasteiger charge is 2.16. The van der Waals surface area contributed by atoms with Gasteiger partial charge in [-0.05, 0) is 0 Å². The fourth-order valence-corrected chi connectivity index (χ4v) is 0.897. The van der Waals surface area contributed by atoms with E-state index in [9.17, 15) is 14.7 Å². The number of hydrogen-bond donors (Lipinski definition) is 2. The molecule has 2 N–H and O–H groups in total. The van der Waals surface area contributed by atoms with Gasteiger partial charge in [-0.2, -0.15) is 0 Å². The maximum atomic E-state index is 11.1. The summed E-state index contributed by atoms with van der Waals surface area (Å²) in [6.07, 6.45) is -0.707. The third kappa shape index (κ3) is 6.50. The molecule has 0 saturated carbocycles. The summed E-state index contributed by atoms with van der Waals surface area (Å²) in [7, 11) is 1.41. The Morgan fingerprint density at radius 1 is 1.60 bits per heavy atom. The topological polar surface area (TPSA) is 87.1 Å². The van der Waals surface area contributed by atoms with E-state index in [1.165, 1.54) is 13.1 Å². The second-order valence-corrected chi connectivity index (χ2v) is 3.00. The van der Waals surface area contributed by atoms with Crippen LogP contribution in [0.25, 0.3) is 0 Å². The van der Waals surface area contributed by atoms with Crippen LogP contribution in [-0.4, -0.2) is 53.5 Å². The van der Waals surface area contributed by atoms with Crippen molar-refractivity contribution >= 4 is 12.1 Å². The molecule has 0 saturated heterocycles. The molecule has 0 aliphatic rings. The lowest BCUT2D eigenvalue weighted by Crippen LogP contribution is -2.35. The molecular formula is C9H15NO5. The van der Waals surface area contributed by atoms with E-state index in [2.05, 4.69) is 11.3 Å². The Labute approximate surface area is 87.8 Å². The third-order valence-corrected chi connectivity index (χ3v) is 1.53. The molecule has 1 unspecified atom stereocenters. The Hall–Kier alpha value is -1.56. The SMILES string of the molecule is C=CCOC(=O)N(C)CC(O)CC(=O)O. The summed E-state index contributed by atoms with van der Waals surface area (Å²) in [5, 5.41) is 17.6. The summed E-state index contributed by atoms with van der Waals surface area (Å²) >= 11 is 0. The van der Waals surface area contributed by atoms with Crippen LogP contribution in [0, 0.1) is 0 Å². The summed E-state index contributed by atoms with van der Waals surface area (Å²) < 4.78 is 4.67. The Morgan fingerprint density at radius 2 is 2.20 bits per heavy atom. The molecule has 0 radical (unpaired) electrons. The number of ether oxygens (including phenoxy) is 1. The minimum absolute atomic E-state index is 0.0811. The molecule has 86 valence electrons. The number of amides is 1. The number of carbonyl (C=O) groups is 2. The average Bonchev–Trinajstić information content (AvgIpc) is 2.12. The molecule has 0 aromatic heterocycles. The zero-order valence-electron chi connectivity index (χ0n) is 8.55. The van der Waals surface area contributed by atoms with Crippen LogP contribution in [0.5, 0.6) is 0 Å². The van der Waals surface area contributed by atoms with Crippen molar-refractivity contribution in [2.75, 3.05) is 20.2 Å². The smallest absolute Gasteiger partial charge is 0.409 e. The van der Waals surface area contributed by atoms with Gasteiger partial charge in [0, 0.05) is 7.05 Å². The summed E-state index contributed by atoms with van der Waals surface area (Å²) in [6.45, 7) is 3.37. The van der Waals surface area contributed by atoms with E-state index in [1.807, 2.05) is 0 Å². The van der Waals surface area contributed by atoms with Gasteiger partial charge in [0.1, 0.15) is 6.61 Å². The van der Waals surface area contributed by atoms with Gasteiger partial charge in [0.2, 0.25) is 0 Å². The number of hydrogen-bond acceptors (Lipinski definition) is 4. The van der Waals surface area contributed by atoms with E-state index in [4.69, 9.17) is 5.11 Å². The predicted molar refractivity (Wildman–Crippen MR) is 52.4 cm³/mol. The number of carboxylic acids is 1. The second-order valence-electron chi connectivity index (χ2n) is 3.00. The van der Waals surface area contributed by atoms with Gasteiger partial charge in [0.15, 0.2) is 0 Å². The number of rotatable bonds is 6. The van der Waals surface area contributed by atoms with Crippen LogP contribution >= 0.6 is 0 Å². The van der Waals surface area contributed by atoms with E-state index >= 15 is 0 Å². The van der Waals surface area contributed by atoms with Crippen molar-refractivity contribution in [2.45, 2.75) is 12.5 Å². The molecule has 0 aliphatic carbocycles. The quantitative estimate of drug-likeness (QED) is 0.615. The van der Waals surface area contributed by atoms with Crippen LogP contribution in [0.15, 0.2) is 12.7 Å². The zero-order valence-corrected chi connectivity index (χ0v) is 8.55. The van der Waals surface area contributed by atoms with Gasteiger partial charge in [-0.3, -0.25) is 4.79 Å². The Bertz CT molecular complexity index is 241. The average molecular weight is 217 g/mol. The zero-order chi connectivity index (χ0) is 11.8. The molecule has 15 heavy (non-hydrogen) atoms. The first kappa shape index (κ1) is 13.4. The van der Waals surface area contributed by atoms with Gasteiger partial charge in [-0.25, -0.2) is 4.79 Å². The fraction of sp³-hybridized carbons (Fsp3) is 0.556. The summed E-state index contributed by atoms with van der Waals surface area (Å²) in [5.41, 5.74) is 0. The summed E-state index contributed by atoms with van der Waals surface area (Å²) in [5.74, 6) is -1.12. The van der Waals surface area contributed by atoms with Crippen molar-refractivity contribution < 1.29 is 24.5 Å². The van der Waals surface area contributed by atoms with Crippen molar-refractivity contribution in [2.24, 2.45) is 0 Å². The largest absolute Gasteiger partial charge is 0.481 e. The lowest BCUT2D eigenvalue weighted by Gasteiger charge is -2.18. The second kappa shape index (κ2) is 6.83. The van der Waals surface area contributed by atoms with Gasteiger partial charge in [-0.1, -0.05) is 12.7 Å². The van der Waals surface area contributed by atoms with Crippen molar-refractivity contribution in [3.05, 3.63) is 12.7 Å². The standard InChI is InChI=1S/C9H15NO5/c1-3-4-15-9(14)10(2)6-7(11)5-8(12)13/h3,7,11H,1,4-6H2,2H3,(H,12,13). The molecular weight excluding hydrogens is 202 g/mol. The number of carbonyl (C=O) groups excluding carboxylic acids is 1. The van der Waals surface area contributed by atoms with Crippen molar-refractivity contribution in [1.82, 2.24) is 4.90 Å². The highest BCUT2D eigenvalue weighted by atomic mass is 16.6. The van der Waals surface area contributed by atoms with Crippen LogP contribution in [0.4, 0.5) is 4.79 Å². The molecule has 6 nitrogen and oxygen atoms in total. The Morgan fingerprint density at radius 3 is 2.67 bits per heavy atom. The van der Waals surface area contributed by atoms with Gasteiger partial charge in [-0.15, -0.1) is 0 Å². The fourth-order valence-electron chi connectivity index (χ4n) is 0.897. The molecule has 0 aliphatic heterocycles. The van der Waals surface area contributed by atoms with Crippen LogP contribution < -0.4 is 0 Å². The molecule has 1 atom stereocenters. The van der Waals surface area contributed by atoms with Crippen molar-refractivity contribution in [1.29, 1.82) is 0 Å². The van der Waals surface area contributed by atoms with Crippen LogP contribution in [-0.2, 0) is 9.53 Å². The molecule has 0 rings (SSSR count). The molecule has 0 aromatic carbocycles. The predicted octanol–water partition coefficient (Wildman–Crippen LogP) is 0.0764. The molecule has 0 spiro atoms. The molecule has 0 aromatic rings. The number of aliphatic hydroxyl groups excluding tert-OH is 1. The molecule has 6 heteroatoms. The van der Waals surface area contributed by atoms with Crippen molar-refractivity contribution in [3.8, 4) is 0 Å². The molecule has 0 bridgehead atoms. The van der Waals surface area contributed by atoms with Crippen LogP contribution in [0.3, 0.4) is 0 Å².